The lowest BCUT2D eigenvalue weighted by Gasteiger charge is -2.20. The quantitative estimate of drug-likeness (QED) is 0.832. The first-order valence-electron chi connectivity index (χ1n) is 7.30. The van der Waals surface area contributed by atoms with Gasteiger partial charge in [0.25, 0.3) is 0 Å². The standard InChI is InChI=1S/C18H15F3N2O2/c1-18(2,3)25-17(24)23-14-7-5-10(8-13(14)19)12-6-4-11(9-22)15(20)16(12)21/h4-8H,1-3H3,(H,23,24). The molecule has 2 aromatic rings. The molecule has 2 rings (SSSR count). The van der Waals surface area contributed by atoms with Crippen LogP contribution in [0.2, 0.25) is 0 Å². The maximum atomic E-state index is 14.2. The lowest BCUT2D eigenvalue weighted by atomic mass is 10.0. The lowest BCUT2D eigenvalue weighted by molar-refractivity contribution is 0.0635. The van der Waals surface area contributed by atoms with E-state index in [1.807, 2.05) is 0 Å². The number of hydrogen-bond acceptors (Lipinski definition) is 3. The molecule has 0 atom stereocenters. The number of rotatable bonds is 2. The zero-order valence-electron chi connectivity index (χ0n) is 13.8. The summed E-state index contributed by atoms with van der Waals surface area (Å²) in [5.41, 5.74) is -1.48. The Morgan fingerprint density at radius 1 is 1.12 bits per heavy atom. The molecule has 0 spiro atoms. The number of carbonyl (C=O) groups excluding carboxylic acids is 1. The minimum Gasteiger partial charge on any atom is -0.444 e. The average molecular weight is 348 g/mol. The Labute approximate surface area is 142 Å². The number of nitrogens with zero attached hydrogens (tertiary/aromatic N) is 1. The number of nitrogens with one attached hydrogen (secondary N) is 1. The van der Waals surface area contributed by atoms with Crippen LogP contribution in [-0.2, 0) is 4.74 Å². The van der Waals surface area contributed by atoms with Crippen LogP contribution >= 0.6 is 0 Å². The zero-order chi connectivity index (χ0) is 18.8. The summed E-state index contributed by atoms with van der Waals surface area (Å²) in [7, 11) is 0. The van der Waals surface area contributed by atoms with E-state index in [0.29, 0.717) is 0 Å². The lowest BCUT2D eigenvalue weighted by Crippen LogP contribution is -2.27. The van der Waals surface area contributed by atoms with E-state index >= 15 is 0 Å². The van der Waals surface area contributed by atoms with E-state index in [-0.39, 0.29) is 16.8 Å². The summed E-state index contributed by atoms with van der Waals surface area (Å²) in [4.78, 5) is 11.7. The van der Waals surface area contributed by atoms with Crippen molar-refractivity contribution in [3.8, 4) is 17.2 Å². The van der Waals surface area contributed by atoms with Gasteiger partial charge in [0.2, 0.25) is 0 Å². The van der Waals surface area contributed by atoms with Gasteiger partial charge in [0.05, 0.1) is 11.3 Å². The normalized spacial score (nSPS) is 10.9. The minimum absolute atomic E-state index is 0.0631. The van der Waals surface area contributed by atoms with Crippen LogP contribution in [0.5, 0.6) is 0 Å². The number of ether oxygens (including phenoxy) is 1. The van der Waals surface area contributed by atoms with Gasteiger partial charge in [0.15, 0.2) is 11.6 Å². The fourth-order valence-electron chi connectivity index (χ4n) is 2.06. The van der Waals surface area contributed by atoms with Gasteiger partial charge in [-0.15, -0.1) is 0 Å². The molecule has 0 fully saturated rings. The molecule has 0 bridgehead atoms. The second kappa shape index (κ2) is 6.85. The van der Waals surface area contributed by atoms with Crippen molar-refractivity contribution in [1.82, 2.24) is 0 Å². The second-order valence-corrected chi connectivity index (χ2v) is 6.22. The smallest absolute Gasteiger partial charge is 0.412 e. The molecule has 0 unspecified atom stereocenters. The van der Waals surface area contributed by atoms with Crippen molar-refractivity contribution in [3.05, 3.63) is 53.3 Å². The first-order chi connectivity index (χ1) is 11.6. The van der Waals surface area contributed by atoms with Crippen LogP contribution in [0.25, 0.3) is 11.1 Å². The third-order valence-electron chi connectivity index (χ3n) is 3.12. The summed E-state index contributed by atoms with van der Waals surface area (Å²) in [5.74, 6) is -3.38. The van der Waals surface area contributed by atoms with E-state index in [4.69, 9.17) is 10.00 Å². The highest BCUT2D eigenvalue weighted by Gasteiger charge is 2.19. The van der Waals surface area contributed by atoms with Gasteiger partial charge in [-0.3, -0.25) is 5.32 Å². The molecule has 0 saturated carbocycles. The molecule has 130 valence electrons. The summed E-state index contributed by atoms with van der Waals surface area (Å²) < 4.78 is 46.9. The van der Waals surface area contributed by atoms with Gasteiger partial charge in [0.1, 0.15) is 17.5 Å². The van der Waals surface area contributed by atoms with E-state index in [1.54, 1.807) is 20.8 Å². The van der Waals surface area contributed by atoms with Gasteiger partial charge < -0.3 is 4.74 Å². The molecule has 4 nitrogen and oxygen atoms in total. The Balaban J connectivity index is 2.30. The van der Waals surface area contributed by atoms with E-state index in [9.17, 15) is 18.0 Å². The first-order valence-corrected chi connectivity index (χ1v) is 7.30. The molecule has 0 aliphatic heterocycles. The Kier molecular flexibility index (Phi) is 5.02. The fraction of sp³-hybridized carbons (Fsp3) is 0.222. The summed E-state index contributed by atoms with van der Waals surface area (Å²) in [6, 6.07) is 7.31. The molecule has 0 aromatic heterocycles. The van der Waals surface area contributed by atoms with Crippen molar-refractivity contribution < 1.29 is 22.7 Å². The monoisotopic (exact) mass is 348 g/mol. The van der Waals surface area contributed by atoms with Crippen molar-refractivity contribution in [3.63, 3.8) is 0 Å². The molecule has 1 amide bonds. The number of amides is 1. The minimum atomic E-state index is -1.30. The number of anilines is 1. The summed E-state index contributed by atoms with van der Waals surface area (Å²) in [5, 5.41) is 10.9. The molecule has 1 N–H and O–H groups in total. The van der Waals surface area contributed by atoms with E-state index in [1.165, 1.54) is 24.3 Å². The average Bonchev–Trinajstić information content (AvgIpc) is 2.50. The van der Waals surface area contributed by atoms with E-state index < -0.39 is 34.7 Å². The number of hydrogen-bond donors (Lipinski definition) is 1. The van der Waals surface area contributed by atoms with Gasteiger partial charge in [-0.05, 0) is 50.6 Å². The predicted octanol–water partition coefficient (Wildman–Crippen LogP) is 4.99. The summed E-state index contributed by atoms with van der Waals surface area (Å²) in [6.45, 7) is 4.98. The van der Waals surface area contributed by atoms with Crippen LogP contribution in [0.15, 0.2) is 30.3 Å². The summed E-state index contributed by atoms with van der Waals surface area (Å²) in [6.07, 6.45) is -0.838. The van der Waals surface area contributed by atoms with Gasteiger partial charge in [0, 0.05) is 5.56 Å². The van der Waals surface area contributed by atoms with Crippen LogP contribution in [-0.4, -0.2) is 11.7 Å². The number of nitriles is 1. The first kappa shape index (κ1) is 18.3. The molecule has 0 aliphatic carbocycles. The van der Waals surface area contributed by atoms with Crippen LogP contribution in [0.4, 0.5) is 23.7 Å². The van der Waals surface area contributed by atoms with Crippen molar-refractivity contribution in [2.75, 3.05) is 5.32 Å². The molecule has 7 heteroatoms. The summed E-state index contributed by atoms with van der Waals surface area (Å²) >= 11 is 0. The van der Waals surface area contributed by atoms with Gasteiger partial charge in [-0.1, -0.05) is 6.07 Å². The van der Waals surface area contributed by atoms with Gasteiger partial charge in [-0.2, -0.15) is 5.26 Å². The molecule has 0 aliphatic rings. The van der Waals surface area contributed by atoms with Crippen molar-refractivity contribution in [1.29, 1.82) is 5.26 Å². The van der Waals surface area contributed by atoms with Crippen molar-refractivity contribution in [2.24, 2.45) is 0 Å². The highest BCUT2D eigenvalue weighted by Crippen LogP contribution is 2.29. The Hall–Kier alpha value is -3.01. The Morgan fingerprint density at radius 2 is 1.80 bits per heavy atom. The highest BCUT2D eigenvalue weighted by molar-refractivity contribution is 5.85. The van der Waals surface area contributed by atoms with Crippen molar-refractivity contribution >= 4 is 11.8 Å². The zero-order valence-corrected chi connectivity index (χ0v) is 13.8. The molecular formula is C18H15F3N2O2. The maximum absolute atomic E-state index is 14.2. The molecular weight excluding hydrogens is 333 g/mol. The van der Waals surface area contributed by atoms with E-state index in [2.05, 4.69) is 5.32 Å². The van der Waals surface area contributed by atoms with Gasteiger partial charge in [-0.25, -0.2) is 18.0 Å². The van der Waals surface area contributed by atoms with Gasteiger partial charge >= 0.3 is 6.09 Å². The van der Waals surface area contributed by atoms with E-state index in [0.717, 1.165) is 12.1 Å². The molecule has 25 heavy (non-hydrogen) atoms. The SMILES string of the molecule is CC(C)(C)OC(=O)Nc1ccc(-c2ccc(C#N)c(F)c2F)cc1F. The van der Waals surface area contributed by atoms with Crippen LogP contribution in [0.3, 0.4) is 0 Å². The Bertz CT molecular complexity index is 868. The largest absolute Gasteiger partial charge is 0.444 e. The predicted molar refractivity (Wildman–Crippen MR) is 86.3 cm³/mol. The third kappa shape index (κ3) is 4.29. The second-order valence-electron chi connectivity index (χ2n) is 6.22. The number of carbonyl (C=O) groups is 1. The molecule has 0 heterocycles. The topological polar surface area (TPSA) is 62.1 Å². The molecule has 2 aromatic carbocycles. The fourth-order valence-corrected chi connectivity index (χ4v) is 2.06. The third-order valence-corrected chi connectivity index (χ3v) is 3.12. The maximum Gasteiger partial charge on any atom is 0.412 e. The molecule has 0 radical (unpaired) electrons. The number of halogens is 3. The van der Waals surface area contributed by atoms with Crippen LogP contribution < -0.4 is 5.32 Å². The van der Waals surface area contributed by atoms with Crippen LogP contribution in [0, 0.1) is 28.8 Å². The number of benzene rings is 2. The van der Waals surface area contributed by atoms with Crippen molar-refractivity contribution in [2.45, 2.75) is 26.4 Å². The Morgan fingerprint density at radius 3 is 2.36 bits per heavy atom. The highest BCUT2D eigenvalue weighted by atomic mass is 19.2. The molecule has 0 saturated heterocycles. The van der Waals surface area contributed by atoms with Crippen LogP contribution in [0.1, 0.15) is 26.3 Å².